The zero-order valence-electron chi connectivity index (χ0n) is 7.81. The smallest absolute Gasteiger partial charge is 0.315 e. The molecule has 1 aliphatic rings. The molecule has 1 rings (SSSR count). The van der Waals surface area contributed by atoms with E-state index < -0.39 is 5.97 Å². The van der Waals surface area contributed by atoms with E-state index in [0.29, 0.717) is 19.3 Å². The van der Waals surface area contributed by atoms with Gasteiger partial charge in [0.2, 0.25) is 0 Å². The molecule has 0 aromatic heterocycles. The van der Waals surface area contributed by atoms with Crippen molar-refractivity contribution in [3.8, 4) is 0 Å². The molecule has 0 radical (unpaired) electrons. The highest BCUT2D eigenvalue weighted by molar-refractivity contribution is 5.78. The van der Waals surface area contributed by atoms with E-state index in [-0.39, 0.29) is 31.0 Å². The van der Waals surface area contributed by atoms with Gasteiger partial charge in [-0.15, -0.1) is 0 Å². The molecule has 0 saturated carbocycles. The number of ether oxygens (including phenoxy) is 1. The maximum Gasteiger partial charge on any atom is 0.315 e. The molecular formula is C9H14O5. The minimum Gasteiger partial charge on any atom is -0.481 e. The molecule has 2 N–H and O–H groups in total. The molecule has 14 heavy (non-hydrogen) atoms. The Morgan fingerprint density at radius 2 is 2.14 bits per heavy atom. The Morgan fingerprint density at radius 3 is 2.64 bits per heavy atom. The number of aliphatic hydroxyl groups excluding tert-OH is 1. The number of carbonyl (C=O) groups is 2. The predicted molar refractivity (Wildman–Crippen MR) is 46.6 cm³/mol. The van der Waals surface area contributed by atoms with Crippen molar-refractivity contribution in [2.45, 2.75) is 31.8 Å². The summed E-state index contributed by atoms with van der Waals surface area (Å²) in [6.07, 6.45) is 1.87. The van der Waals surface area contributed by atoms with E-state index in [9.17, 15) is 9.59 Å². The minimum absolute atomic E-state index is 0.143. The van der Waals surface area contributed by atoms with Gasteiger partial charge in [0.05, 0.1) is 6.61 Å². The fraction of sp³-hybridized carbons (Fsp3) is 0.778. The molecule has 5 heteroatoms. The highest BCUT2D eigenvalue weighted by Crippen LogP contribution is 2.26. The lowest BCUT2D eigenvalue weighted by Crippen LogP contribution is -2.47. The van der Waals surface area contributed by atoms with Crippen LogP contribution in [0.15, 0.2) is 0 Å². The summed E-state index contributed by atoms with van der Waals surface area (Å²) in [4.78, 5) is 20.9. The third-order valence-electron chi connectivity index (χ3n) is 2.35. The molecular weight excluding hydrogens is 188 g/mol. The molecule has 1 saturated heterocycles. The third kappa shape index (κ3) is 2.70. The van der Waals surface area contributed by atoms with Crippen molar-refractivity contribution in [2.75, 3.05) is 6.61 Å². The van der Waals surface area contributed by atoms with E-state index in [1.165, 1.54) is 0 Å². The van der Waals surface area contributed by atoms with Crippen LogP contribution in [0.4, 0.5) is 0 Å². The Bertz CT molecular complexity index is 225. The second kappa shape index (κ2) is 4.95. The predicted octanol–water partition coefficient (Wildman–Crippen LogP) is 0.165. The van der Waals surface area contributed by atoms with Crippen LogP contribution in [0.2, 0.25) is 0 Å². The average molecular weight is 202 g/mol. The number of esters is 1. The second-order valence-corrected chi connectivity index (χ2v) is 3.40. The number of aliphatic carboxylic acids is 1. The standard InChI is InChI=1S/C9H14O5/c10-5-6-7(14-9(6)13)3-1-2-4-8(11)12/h6-7,10H,1-5H2,(H,11,12)/t6-,7-/m1/s1. The first-order valence-corrected chi connectivity index (χ1v) is 4.68. The van der Waals surface area contributed by atoms with Gasteiger partial charge in [-0.25, -0.2) is 0 Å². The first-order chi connectivity index (χ1) is 6.65. The Balaban J connectivity index is 2.08. The average Bonchev–Trinajstić information content (AvgIpc) is 2.10. The van der Waals surface area contributed by atoms with Gasteiger partial charge in [0.15, 0.2) is 0 Å². The maximum absolute atomic E-state index is 10.7. The van der Waals surface area contributed by atoms with Crippen LogP contribution in [-0.4, -0.2) is 34.9 Å². The number of rotatable bonds is 6. The van der Waals surface area contributed by atoms with Crippen molar-refractivity contribution < 1.29 is 24.5 Å². The fourth-order valence-electron chi connectivity index (χ4n) is 1.47. The van der Waals surface area contributed by atoms with E-state index in [0.717, 1.165) is 0 Å². The van der Waals surface area contributed by atoms with E-state index in [1.54, 1.807) is 0 Å². The van der Waals surface area contributed by atoms with Crippen LogP contribution in [-0.2, 0) is 14.3 Å². The van der Waals surface area contributed by atoms with Gasteiger partial charge in [-0.05, 0) is 19.3 Å². The molecule has 0 aromatic carbocycles. The minimum atomic E-state index is -0.811. The molecule has 2 atom stereocenters. The summed E-state index contributed by atoms with van der Waals surface area (Å²) in [5, 5.41) is 17.1. The summed E-state index contributed by atoms with van der Waals surface area (Å²) < 4.78 is 4.80. The van der Waals surface area contributed by atoms with Crippen molar-refractivity contribution in [2.24, 2.45) is 5.92 Å². The molecule has 0 bridgehead atoms. The zero-order chi connectivity index (χ0) is 10.6. The molecule has 80 valence electrons. The number of carboxylic acid groups (broad SMARTS) is 1. The van der Waals surface area contributed by atoms with E-state index in [2.05, 4.69) is 0 Å². The topological polar surface area (TPSA) is 83.8 Å². The van der Waals surface area contributed by atoms with Gasteiger partial charge in [0, 0.05) is 6.42 Å². The normalized spacial score (nSPS) is 25.4. The number of hydrogen-bond acceptors (Lipinski definition) is 4. The molecule has 0 spiro atoms. The van der Waals surface area contributed by atoms with Crippen LogP contribution < -0.4 is 0 Å². The summed E-state index contributed by atoms with van der Waals surface area (Å²) >= 11 is 0. The molecule has 0 unspecified atom stereocenters. The number of cyclic esters (lactones) is 1. The highest BCUT2D eigenvalue weighted by Gasteiger charge is 2.40. The van der Waals surface area contributed by atoms with Gasteiger partial charge >= 0.3 is 11.9 Å². The summed E-state index contributed by atoms with van der Waals surface area (Å²) in [6, 6.07) is 0. The maximum atomic E-state index is 10.7. The van der Waals surface area contributed by atoms with Crippen molar-refractivity contribution in [3.63, 3.8) is 0 Å². The van der Waals surface area contributed by atoms with Gasteiger partial charge in [0.25, 0.3) is 0 Å². The lowest BCUT2D eigenvalue weighted by Gasteiger charge is -2.33. The first kappa shape index (κ1) is 11.0. The van der Waals surface area contributed by atoms with Gasteiger partial charge in [0.1, 0.15) is 12.0 Å². The molecule has 1 heterocycles. The number of aliphatic hydroxyl groups is 1. The Morgan fingerprint density at radius 1 is 1.43 bits per heavy atom. The van der Waals surface area contributed by atoms with Crippen LogP contribution in [0.5, 0.6) is 0 Å². The van der Waals surface area contributed by atoms with Gasteiger partial charge in [-0.3, -0.25) is 9.59 Å². The second-order valence-electron chi connectivity index (χ2n) is 3.40. The van der Waals surface area contributed by atoms with Crippen LogP contribution in [0, 0.1) is 5.92 Å². The molecule has 1 fully saturated rings. The fourth-order valence-corrected chi connectivity index (χ4v) is 1.47. The SMILES string of the molecule is O=C(O)CCCC[C@H]1OC(=O)[C@@H]1CO. The first-order valence-electron chi connectivity index (χ1n) is 4.68. The van der Waals surface area contributed by atoms with Crippen LogP contribution in [0.1, 0.15) is 25.7 Å². The van der Waals surface area contributed by atoms with Crippen LogP contribution >= 0.6 is 0 Å². The third-order valence-corrected chi connectivity index (χ3v) is 2.35. The molecule has 0 amide bonds. The Hall–Kier alpha value is -1.10. The Labute approximate surface area is 81.7 Å². The molecule has 0 aromatic rings. The van der Waals surface area contributed by atoms with Gasteiger partial charge in [-0.1, -0.05) is 0 Å². The quantitative estimate of drug-likeness (QED) is 0.473. The summed E-state index contributed by atoms with van der Waals surface area (Å²) in [5.74, 6) is -1.55. The number of unbranched alkanes of at least 4 members (excludes halogenated alkanes) is 1. The number of hydrogen-bond donors (Lipinski definition) is 2. The molecule has 5 nitrogen and oxygen atoms in total. The highest BCUT2D eigenvalue weighted by atomic mass is 16.6. The monoisotopic (exact) mass is 202 g/mol. The lowest BCUT2D eigenvalue weighted by atomic mass is 9.93. The summed E-state index contributed by atoms with van der Waals surface area (Å²) in [5.41, 5.74) is 0. The van der Waals surface area contributed by atoms with E-state index >= 15 is 0 Å². The summed E-state index contributed by atoms with van der Waals surface area (Å²) in [6.45, 7) is -0.178. The lowest BCUT2D eigenvalue weighted by molar-refractivity contribution is -0.189. The van der Waals surface area contributed by atoms with Crippen LogP contribution in [0.3, 0.4) is 0 Å². The largest absolute Gasteiger partial charge is 0.481 e. The van der Waals surface area contributed by atoms with Crippen molar-refractivity contribution in [3.05, 3.63) is 0 Å². The number of carbonyl (C=O) groups excluding carboxylic acids is 1. The van der Waals surface area contributed by atoms with E-state index in [4.69, 9.17) is 14.9 Å². The number of carboxylic acids is 1. The van der Waals surface area contributed by atoms with Gasteiger partial charge < -0.3 is 14.9 Å². The molecule has 1 aliphatic heterocycles. The van der Waals surface area contributed by atoms with Crippen molar-refractivity contribution in [1.29, 1.82) is 0 Å². The summed E-state index contributed by atoms with van der Waals surface area (Å²) in [7, 11) is 0. The van der Waals surface area contributed by atoms with Crippen LogP contribution in [0.25, 0.3) is 0 Å². The Kier molecular flexibility index (Phi) is 3.88. The van der Waals surface area contributed by atoms with Crippen molar-refractivity contribution >= 4 is 11.9 Å². The van der Waals surface area contributed by atoms with E-state index in [1.807, 2.05) is 0 Å². The molecule has 0 aliphatic carbocycles. The van der Waals surface area contributed by atoms with Crippen molar-refractivity contribution in [1.82, 2.24) is 0 Å². The zero-order valence-corrected chi connectivity index (χ0v) is 7.81. The van der Waals surface area contributed by atoms with Gasteiger partial charge in [-0.2, -0.15) is 0 Å².